The van der Waals surface area contributed by atoms with Crippen LogP contribution in [0.1, 0.15) is 29.7 Å². The Balaban J connectivity index is 1.48. The number of aromatic nitrogens is 1. The highest BCUT2D eigenvalue weighted by atomic mass is 16.5. The third kappa shape index (κ3) is 5.26. The number of methoxy groups -OCH3 is 1. The van der Waals surface area contributed by atoms with Crippen LogP contribution < -0.4 is 9.47 Å². The van der Waals surface area contributed by atoms with Gasteiger partial charge >= 0.3 is 0 Å². The van der Waals surface area contributed by atoms with Crippen molar-refractivity contribution < 1.29 is 14.3 Å². The molecule has 1 aromatic heterocycles. The Hall–Kier alpha value is -3.38. The molecule has 1 amide bonds. The monoisotopic (exact) mass is 431 g/mol. The fourth-order valence-electron chi connectivity index (χ4n) is 4.13. The van der Waals surface area contributed by atoms with Crippen molar-refractivity contribution in [2.24, 2.45) is 0 Å². The van der Waals surface area contributed by atoms with Crippen molar-refractivity contribution in [2.75, 3.05) is 26.7 Å². The van der Waals surface area contributed by atoms with Gasteiger partial charge in [0.05, 0.1) is 13.2 Å². The maximum atomic E-state index is 12.3. The van der Waals surface area contributed by atoms with E-state index in [-0.39, 0.29) is 11.9 Å². The average molecular weight is 432 g/mol. The number of para-hydroxylation sites is 1. The Kier molecular flexibility index (Phi) is 7.02. The highest BCUT2D eigenvalue weighted by Crippen LogP contribution is 2.29. The Morgan fingerprint density at radius 1 is 1.06 bits per heavy atom. The Morgan fingerprint density at radius 2 is 1.88 bits per heavy atom. The standard InChI is InChI=1S/C26H29N3O3/c1-20(30)29-15-14-28(18-25(29)22-9-11-24(31-2)12-10-22)17-23-7-3-4-8-26(23)32-19-21-6-5-13-27-16-21/h3-13,16,25H,14-15,17-19H2,1-2H3. The highest BCUT2D eigenvalue weighted by molar-refractivity contribution is 5.74. The van der Waals surface area contributed by atoms with Gasteiger partial charge in [-0.15, -0.1) is 0 Å². The minimum atomic E-state index is 0.00984. The molecule has 2 heterocycles. The number of piperazine rings is 1. The molecule has 0 aliphatic carbocycles. The van der Waals surface area contributed by atoms with Crippen LogP contribution in [-0.4, -0.2) is 47.4 Å². The highest BCUT2D eigenvalue weighted by Gasteiger charge is 2.30. The van der Waals surface area contributed by atoms with Crippen molar-refractivity contribution in [3.05, 3.63) is 89.7 Å². The van der Waals surface area contributed by atoms with Crippen LogP contribution in [0, 0.1) is 0 Å². The minimum absolute atomic E-state index is 0.00984. The van der Waals surface area contributed by atoms with Gasteiger partial charge < -0.3 is 14.4 Å². The van der Waals surface area contributed by atoms with E-state index in [0.717, 1.165) is 47.8 Å². The van der Waals surface area contributed by atoms with E-state index in [9.17, 15) is 4.79 Å². The smallest absolute Gasteiger partial charge is 0.220 e. The van der Waals surface area contributed by atoms with Gasteiger partial charge in [0.1, 0.15) is 18.1 Å². The number of pyridine rings is 1. The van der Waals surface area contributed by atoms with E-state index < -0.39 is 0 Å². The zero-order valence-electron chi connectivity index (χ0n) is 18.6. The zero-order valence-corrected chi connectivity index (χ0v) is 18.6. The predicted molar refractivity (Wildman–Crippen MR) is 123 cm³/mol. The van der Waals surface area contributed by atoms with Gasteiger partial charge in [0.15, 0.2) is 0 Å². The molecular formula is C26H29N3O3. The Bertz CT molecular complexity index is 1020. The summed E-state index contributed by atoms with van der Waals surface area (Å²) in [5.74, 6) is 1.80. The molecule has 1 atom stereocenters. The predicted octanol–water partition coefficient (Wildman–Crippen LogP) is 4.07. The molecule has 6 nitrogen and oxygen atoms in total. The van der Waals surface area contributed by atoms with Crippen LogP contribution in [-0.2, 0) is 17.9 Å². The van der Waals surface area contributed by atoms with Gasteiger partial charge in [0.2, 0.25) is 5.91 Å². The van der Waals surface area contributed by atoms with Gasteiger partial charge in [-0.3, -0.25) is 14.7 Å². The van der Waals surface area contributed by atoms with Gasteiger partial charge in [0, 0.05) is 56.6 Å². The number of carbonyl (C=O) groups excluding carboxylic acids is 1. The van der Waals surface area contributed by atoms with Gasteiger partial charge in [-0.05, 0) is 29.8 Å². The van der Waals surface area contributed by atoms with Crippen LogP contribution in [0.15, 0.2) is 73.1 Å². The lowest BCUT2D eigenvalue weighted by molar-refractivity contribution is -0.134. The summed E-state index contributed by atoms with van der Waals surface area (Å²) < 4.78 is 11.4. The molecule has 3 aromatic rings. The summed E-state index contributed by atoms with van der Waals surface area (Å²) in [7, 11) is 1.66. The molecule has 0 spiro atoms. The molecule has 0 radical (unpaired) electrons. The van der Waals surface area contributed by atoms with Crippen molar-refractivity contribution in [1.82, 2.24) is 14.8 Å². The number of ether oxygens (including phenoxy) is 2. The fourth-order valence-corrected chi connectivity index (χ4v) is 4.13. The van der Waals surface area contributed by atoms with E-state index in [1.54, 1.807) is 20.2 Å². The lowest BCUT2D eigenvalue weighted by Gasteiger charge is -2.41. The molecule has 0 bridgehead atoms. The first-order chi connectivity index (χ1) is 15.6. The van der Waals surface area contributed by atoms with Crippen LogP contribution in [0.5, 0.6) is 11.5 Å². The van der Waals surface area contributed by atoms with Crippen molar-refractivity contribution in [1.29, 1.82) is 0 Å². The first-order valence-corrected chi connectivity index (χ1v) is 10.9. The van der Waals surface area contributed by atoms with Crippen molar-refractivity contribution in [3.8, 4) is 11.5 Å². The molecule has 2 aromatic carbocycles. The molecule has 1 aliphatic rings. The summed E-state index contributed by atoms with van der Waals surface area (Å²) in [4.78, 5) is 20.8. The molecule has 0 saturated carbocycles. The minimum Gasteiger partial charge on any atom is -0.497 e. The summed E-state index contributed by atoms with van der Waals surface area (Å²) in [6.45, 7) is 5.18. The summed E-state index contributed by atoms with van der Waals surface area (Å²) in [5.41, 5.74) is 3.30. The first kappa shape index (κ1) is 21.8. The van der Waals surface area contributed by atoms with Crippen molar-refractivity contribution in [2.45, 2.75) is 26.1 Å². The van der Waals surface area contributed by atoms with E-state index in [0.29, 0.717) is 13.2 Å². The van der Waals surface area contributed by atoms with E-state index >= 15 is 0 Å². The zero-order chi connectivity index (χ0) is 22.3. The third-order valence-electron chi connectivity index (χ3n) is 5.85. The maximum Gasteiger partial charge on any atom is 0.220 e. The molecular weight excluding hydrogens is 402 g/mol. The molecule has 4 rings (SSSR count). The number of hydrogen-bond acceptors (Lipinski definition) is 5. The molecule has 166 valence electrons. The molecule has 1 aliphatic heterocycles. The largest absolute Gasteiger partial charge is 0.497 e. The number of rotatable bonds is 7. The van der Waals surface area contributed by atoms with Crippen LogP contribution >= 0.6 is 0 Å². The summed E-state index contributed by atoms with van der Waals surface area (Å²) in [6, 6.07) is 20.1. The topological polar surface area (TPSA) is 54.9 Å². The van der Waals surface area contributed by atoms with Crippen LogP contribution in [0.3, 0.4) is 0 Å². The lowest BCUT2D eigenvalue weighted by atomic mass is 10.0. The van der Waals surface area contributed by atoms with Gasteiger partial charge in [0.25, 0.3) is 0 Å². The van der Waals surface area contributed by atoms with Crippen molar-refractivity contribution in [3.63, 3.8) is 0 Å². The Morgan fingerprint density at radius 3 is 2.59 bits per heavy atom. The molecule has 1 fully saturated rings. The van der Waals surface area contributed by atoms with Crippen LogP contribution in [0.2, 0.25) is 0 Å². The molecule has 1 unspecified atom stereocenters. The summed E-state index contributed by atoms with van der Waals surface area (Å²) in [6.07, 6.45) is 3.58. The SMILES string of the molecule is COc1ccc(C2CN(Cc3ccccc3OCc3cccnc3)CCN2C(C)=O)cc1. The molecule has 32 heavy (non-hydrogen) atoms. The van der Waals surface area contributed by atoms with E-state index in [2.05, 4.69) is 16.0 Å². The van der Waals surface area contributed by atoms with E-state index in [1.807, 2.05) is 65.7 Å². The van der Waals surface area contributed by atoms with Gasteiger partial charge in [-0.25, -0.2) is 0 Å². The normalized spacial score (nSPS) is 16.6. The number of amides is 1. The van der Waals surface area contributed by atoms with E-state index in [1.165, 1.54) is 0 Å². The van der Waals surface area contributed by atoms with E-state index in [4.69, 9.17) is 9.47 Å². The van der Waals surface area contributed by atoms with Crippen LogP contribution in [0.25, 0.3) is 0 Å². The third-order valence-corrected chi connectivity index (χ3v) is 5.85. The second-order valence-corrected chi connectivity index (χ2v) is 7.99. The second kappa shape index (κ2) is 10.3. The van der Waals surface area contributed by atoms with Crippen molar-refractivity contribution >= 4 is 5.91 Å². The summed E-state index contributed by atoms with van der Waals surface area (Å²) >= 11 is 0. The van der Waals surface area contributed by atoms with Gasteiger partial charge in [-0.2, -0.15) is 0 Å². The Labute approximate surface area is 189 Å². The number of benzene rings is 2. The quantitative estimate of drug-likeness (QED) is 0.564. The molecule has 1 saturated heterocycles. The average Bonchev–Trinajstić information content (AvgIpc) is 2.84. The van der Waals surface area contributed by atoms with Gasteiger partial charge in [-0.1, -0.05) is 36.4 Å². The maximum absolute atomic E-state index is 12.3. The molecule has 0 N–H and O–H groups in total. The fraction of sp³-hybridized carbons (Fsp3) is 0.308. The number of hydrogen-bond donors (Lipinski definition) is 0. The second-order valence-electron chi connectivity index (χ2n) is 7.99. The lowest BCUT2D eigenvalue weighted by Crippen LogP contribution is -2.49. The first-order valence-electron chi connectivity index (χ1n) is 10.9. The molecule has 6 heteroatoms. The van der Waals surface area contributed by atoms with Crippen LogP contribution in [0.4, 0.5) is 0 Å². The summed E-state index contributed by atoms with van der Waals surface area (Å²) in [5, 5.41) is 0. The number of nitrogens with zero attached hydrogens (tertiary/aromatic N) is 3. The number of carbonyl (C=O) groups is 1.